The van der Waals surface area contributed by atoms with Crippen molar-refractivity contribution in [3.8, 4) is 0 Å². The third kappa shape index (κ3) is 3.55. The average Bonchev–Trinajstić information content (AvgIpc) is 2.36. The van der Waals surface area contributed by atoms with Crippen molar-refractivity contribution in [3.63, 3.8) is 0 Å². The van der Waals surface area contributed by atoms with Crippen molar-refractivity contribution in [1.82, 2.24) is 5.32 Å². The number of hydrogen-bond donors (Lipinski definition) is 2. The van der Waals surface area contributed by atoms with E-state index in [4.69, 9.17) is 0 Å². The summed E-state index contributed by atoms with van der Waals surface area (Å²) >= 11 is 0. The summed E-state index contributed by atoms with van der Waals surface area (Å²) in [6.07, 6.45) is 1.90. The van der Waals surface area contributed by atoms with Crippen molar-refractivity contribution in [1.29, 1.82) is 0 Å². The molecular weight excluding hydrogens is 210 g/mol. The van der Waals surface area contributed by atoms with Gasteiger partial charge in [-0.25, -0.2) is 0 Å². The van der Waals surface area contributed by atoms with Crippen LogP contribution in [-0.4, -0.2) is 17.3 Å². The highest BCUT2D eigenvalue weighted by molar-refractivity contribution is 5.29. The van der Waals surface area contributed by atoms with Crippen molar-refractivity contribution in [3.05, 3.63) is 34.9 Å². The SMILES string of the molecule is CCC(CC)(CO)NCc1ccc(C)c(C)c1. The third-order valence-electron chi connectivity index (χ3n) is 3.90. The van der Waals surface area contributed by atoms with Crippen LogP contribution in [0.25, 0.3) is 0 Å². The molecule has 0 aliphatic rings. The van der Waals surface area contributed by atoms with Crippen molar-refractivity contribution < 1.29 is 5.11 Å². The second-order valence-electron chi connectivity index (χ2n) is 4.92. The zero-order chi connectivity index (χ0) is 12.9. The Hall–Kier alpha value is -0.860. The van der Waals surface area contributed by atoms with Gasteiger partial charge < -0.3 is 10.4 Å². The Labute approximate surface area is 105 Å². The quantitative estimate of drug-likeness (QED) is 0.794. The van der Waals surface area contributed by atoms with Gasteiger partial charge in [-0.1, -0.05) is 32.0 Å². The maximum Gasteiger partial charge on any atom is 0.0613 e. The molecule has 1 aromatic rings. The van der Waals surface area contributed by atoms with Crippen molar-refractivity contribution in [2.75, 3.05) is 6.61 Å². The lowest BCUT2D eigenvalue weighted by Crippen LogP contribution is -2.47. The van der Waals surface area contributed by atoms with Crippen LogP contribution in [0.1, 0.15) is 43.4 Å². The molecule has 2 heteroatoms. The van der Waals surface area contributed by atoms with E-state index in [9.17, 15) is 5.11 Å². The Morgan fingerprint density at radius 3 is 2.24 bits per heavy atom. The van der Waals surface area contributed by atoms with E-state index in [1.165, 1.54) is 16.7 Å². The fourth-order valence-corrected chi connectivity index (χ4v) is 1.98. The first-order chi connectivity index (χ1) is 8.06. The standard InChI is InChI=1S/C15H25NO/c1-5-15(6-2,11-17)16-10-14-8-7-12(3)13(4)9-14/h7-9,16-17H,5-6,10-11H2,1-4H3. The van der Waals surface area contributed by atoms with Gasteiger partial charge in [-0.3, -0.25) is 0 Å². The topological polar surface area (TPSA) is 32.3 Å². The highest BCUT2D eigenvalue weighted by Crippen LogP contribution is 2.16. The van der Waals surface area contributed by atoms with E-state index < -0.39 is 0 Å². The van der Waals surface area contributed by atoms with Gasteiger partial charge in [0, 0.05) is 12.1 Å². The van der Waals surface area contributed by atoms with Crippen LogP contribution < -0.4 is 5.32 Å². The smallest absolute Gasteiger partial charge is 0.0613 e. The molecule has 1 rings (SSSR count). The first-order valence-electron chi connectivity index (χ1n) is 6.49. The molecular formula is C15H25NO. The molecule has 0 atom stereocenters. The van der Waals surface area contributed by atoms with Crippen LogP contribution >= 0.6 is 0 Å². The fourth-order valence-electron chi connectivity index (χ4n) is 1.98. The highest BCUT2D eigenvalue weighted by atomic mass is 16.3. The lowest BCUT2D eigenvalue weighted by molar-refractivity contribution is 0.149. The van der Waals surface area contributed by atoms with Gasteiger partial charge in [-0.15, -0.1) is 0 Å². The van der Waals surface area contributed by atoms with E-state index in [1.807, 2.05) is 0 Å². The molecule has 0 bridgehead atoms. The molecule has 0 saturated heterocycles. The van der Waals surface area contributed by atoms with E-state index in [0.29, 0.717) is 0 Å². The summed E-state index contributed by atoms with van der Waals surface area (Å²) < 4.78 is 0. The largest absolute Gasteiger partial charge is 0.394 e. The normalized spacial score (nSPS) is 11.8. The fraction of sp³-hybridized carbons (Fsp3) is 0.600. The molecule has 0 saturated carbocycles. The van der Waals surface area contributed by atoms with Crippen LogP contribution in [0.15, 0.2) is 18.2 Å². The second-order valence-corrected chi connectivity index (χ2v) is 4.92. The Bertz CT molecular complexity index is 348. The first-order valence-corrected chi connectivity index (χ1v) is 6.49. The zero-order valence-electron chi connectivity index (χ0n) is 11.5. The van der Waals surface area contributed by atoms with Crippen LogP contribution in [0, 0.1) is 13.8 Å². The average molecular weight is 235 g/mol. The maximum atomic E-state index is 9.49. The third-order valence-corrected chi connectivity index (χ3v) is 3.90. The molecule has 0 aromatic heterocycles. The van der Waals surface area contributed by atoms with Gasteiger partial charge in [-0.05, 0) is 43.4 Å². The van der Waals surface area contributed by atoms with Gasteiger partial charge in [-0.2, -0.15) is 0 Å². The number of hydrogen-bond acceptors (Lipinski definition) is 2. The van der Waals surface area contributed by atoms with Crippen molar-refractivity contribution in [2.24, 2.45) is 0 Å². The first kappa shape index (κ1) is 14.2. The number of benzene rings is 1. The lowest BCUT2D eigenvalue weighted by Gasteiger charge is -2.31. The lowest BCUT2D eigenvalue weighted by atomic mass is 9.93. The molecule has 96 valence electrons. The van der Waals surface area contributed by atoms with Crippen molar-refractivity contribution >= 4 is 0 Å². The minimum absolute atomic E-state index is 0.126. The molecule has 0 fully saturated rings. The van der Waals surface area contributed by atoms with E-state index in [2.05, 4.69) is 51.2 Å². The van der Waals surface area contributed by atoms with Gasteiger partial charge in [0.15, 0.2) is 0 Å². The van der Waals surface area contributed by atoms with Gasteiger partial charge in [0.05, 0.1) is 6.61 Å². The predicted molar refractivity (Wildman–Crippen MR) is 73.2 cm³/mol. The zero-order valence-corrected chi connectivity index (χ0v) is 11.5. The van der Waals surface area contributed by atoms with Crippen LogP contribution in [0.4, 0.5) is 0 Å². The van der Waals surface area contributed by atoms with E-state index in [-0.39, 0.29) is 12.1 Å². The van der Waals surface area contributed by atoms with Crippen LogP contribution in [-0.2, 0) is 6.54 Å². The molecule has 2 nitrogen and oxygen atoms in total. The molecule has 17 heavy (non-hydrogen) atoms. The minimum atomic E-state index is -0.126. The molecule has 0 unspecified atom stereocenters. The summed E-state index contributed by atoms with van der Waals surface area (Å²) in [5.41, 5.74) is 3.81. The molecule has 0 aliphatic carbocycles. The number of aliphatic hydroxyl groups excluding tert-OH is 1. The van der Waals surface area contributed by atoms with Crippen LogP contribution in [0.3, 0.4) is 0 Å². The molecule has 0 amide bonds. The Kier molecular flexibility index (Phi) is 5.16. The number of aryl methyl sites for hydroxylation is 2. The Morgan fingerprint density at radius 1 is 1.12 bits per heavy atom. The Morgan fingerprint density at radius 2 is 1.76 bits per heavy atom. The van der Waals surface area contributed by atoms with E-state index >= 15 is 0 Å². The van der Waals surface area contributed by atoms with Crippen LogP contribution in [0.5, 0.6) is 0 Å². The van der Waals surface area contributed by atoms with Crippen LogP contribution in [0.2, 0.25) is 0 Å². The van der Waals surface area contributed by atoms with E-state index in [0.717, 1.165) is 19.4 Å². The Balaban J connectivity index is 2.68. The molecule has 2 N–H and O–H groups in total. The second kappa shape index (κ2) is 6.18. The molecule has 0 spiro atoms. The number of aliphatic hydroxyl groups is 1. The monoisotopic (exact) mass is 235 g/mol. The molecule has 0 aliphatic heterocycles. The summed E-state index contributed by atoms with van der Waals surface area (Å²) in [5, 5.41) is 13.0. The van der Waals surface area contributed by atoms with Gasteiger partial charge in [0.2, 0.25) is 0 Å². The summed E-state index contributed by atoms with van der Waals surface area (Å²) in [4.78, 5) is 0. The predicted octanol–water partition coefficient (Wildman–Crippen LogP) is 2.94. The minimum Gasteiger partial charge on any atom is -0.394 e. The summed E-state index contributed by atoms with van der Waals surface area (Å²) in [6, 6.07) is 6.53. The maximum absolute atomic E-state index is 9.49. The highest BCUT2D eigenvalue weighted by Gasteiger charge is 2.23. The summed E-state index contributed by atoms with van der Waals surface area (Å²) in [6.45, 7) is 9.52. The number of rotatable bonds is 6. The molecule has 0 heterocycles. The molecule has 0 radical (unpaired) electrons. The summed E-state index contributed by atoms with van der Waals surface area (Å²) in [7, 11) is 0. The number of nitrogens with one attached hydrogen (secondary N) is 1. The molecule has 1 aromatic carbocycles. The summed E-state index contributed by atoms with van der Waals surface area (Å²) in [5.74, 6) is 0. The van der Waals surface area contributed by atoms with Gasteiger partial charge in [0.25, 0.3) is 0 Å². The van der Waals surface area contributed by atoms with Gasteiger partial charge >= 0.3 is 0 Å². The van der Waals surface area contributed by atoms with E-state index in [1.54, 1.807) is 0 Å². The van der Waals surface area contributed by atoms with Crippen molar-refractivity contribution in [2.45, 2.75) is 52.6 Å². The van der Waals surface area contributed by atoms with Gasteiger partial charge in [0.1, 0.15) is 0 Å².